The second-order valence-corrected chi connectivity index (χ2v) is 11.7. The largest absolute Gasteiger partial charge is 0.455 e. The zero-order valence-electron chi connectivity index (χ0n) is 24.6. The van der Waals surface area contributed by atoms with Crippen molar-refractivity contribution in [2.45, 2.75) is 0 Å². The van der Waals surface area contributed by atoms with Crippen LogP contribution in [0, 0.1) is 0 Å². The van der Waals surface area contributed by atoms with Crippen LogP contribution >= 0.6 is 0 Å². The predicted octanol–water partition coefficient (Wildman–Crippen LogP) is 12.6. The van der Waals surface area contributed by atoms with Crippen LogP contribution in [-0.2, 0) is 0 Å². The number of hydrogen-bond donors (Lipinski definition) is 0. The van der Waals surface area contributed by atoms with Crippen LogP contribution in [0.3, 0.4) is 0 Å². The maximum Gasteiger partial charge on any atom is 0.143 e. The van der Waals surface area contributed by atoms with Crippen molar-refractivity contribution in [2.75, 3.05) is 0 Å². The first-order valence-corrected chi connectivity index (χ1v) is 15.4. The molecule has 0 spiro atoms. The van der Waals surface area contributed by atoms with Crippen LogP contribution in [0.1, 0.15) is 0 Å². The summed E-state index contributed by atoms with van der Waals surface area (Å²) in [5, 5.41) is 7.33. The molecule has 0 aliphatic heterocycles. The molecule has 0 amide bonds. The van der Waals surface area contributed by atoms with E-state index in [1.165, 1.54) is 54.9 Å². The van der Waals surface area contributed by atoms with Gasteiger partial charge in [-0.15, -0.1) is 0 Å². The van der Waals surface area contributed by atoms with Gasteiger partial charge in [-0.1, -0.05) is 152 Å². The molecule has 210 valence electrons. The molecule has 0 radical (unpaired) electrons. The Labute approximate surface area is 261 Å². The summed E-state index contributed by atoms with van der Waals surface area (Å²) in [4.78, 5) is 0. The number of rotatable bonds is 4. The third-order valence-corrected chi connectivity index (χ3v) is 9.09. The van der Waals surface area contributed by atoms with Crippen LogP contribution in [0.2, 0.25) is 0 Å². The van der Waals surface area contributed by atoms with E-state index in [1.54, 1.807) is 0 Å². The van der Waals surface area contributed by atoms with Crippen LogP contribution in [-0.4, -0.2) is 0 Å². The van der Waals surface area contributed by atoms with Crippen molar-refractivity contribution in [2.24, 2.45) is 0 Å². The smallest absolute Gasteiger partial charge is 0.143 e. The summed E-state index contributed by atoms with van der Waals surface area (Å²) in [6.07, 6.45) is 0. The first kappa shape index (κ1) is 25.6. The van der Waals surface area contributed by atoms with E-state index in [1.807, 2.05) is 12.1 Å². The molecule has 0 bridgehead atoms. The Hall–Kier alpha value is -5.92. The lowest BCUT2D eigenvalue weighted by Crippen LogP contribution is -1.88. The summed E-state index contributed by atoms with van der Waals surface area (Å²) in [7, 11) is 0. The Bertz CT molecular complexity index is 2520. The van der Waals surface area contributed by atoms with Crippen molar-refractivity contribution in [3.05, 3.63) is 170 Å². The maximum atomic E-state index is 6.33. The van der Waals surface area contributed by atoms with Gasteiger partial charge in [-0.25, -0.2) is 0 Å². The molecule has 0 N–H and O–H groups in total. The van der Waals surface area contributed by atoms with E-state index in [0.717, 1.165) is 33.1 Å². The minimum Gasteiger partial charge on any atom is -0.455 e. The van der Waals surface area contributed by atoms with Crippen molar-refractivity contribution in [3.63, 3.8) is 0 Å². The van der Waals surface area contributed by atoms with Gasteiger partial charge in [0.05, 0.1) is 0 Å². The van der Waals surface area contributed by atoms with E-state index in [9.17, 15) is 0 Å². The first-order valence-electron chi connectivity index (χ1n) is 15.4. The second kappa shape index (κ2) is 10.4. The van der Waals surface area contributed by atoms with E-state index in [-0.39, 0.29) is 0 Å². The van der Waals surface area contributed by atoms with E-state index < -0.39 is 0 Å². The van der Waals surface area contributed by atoms with Gasteiger partial charge in [0.15, 0.2) is 0 Å². The molecule has 0 atom stereocenters. The van der Waals surface area contributed by atoms with Crippen molar-refractivity contribution < 1.29 is 4.42 Å². The fourth-order valence-electron chi connectivity index (χ4n) is 6.92. The van der Waals surface area contributed by atoms with Crippen molar-refractivity contribution >= 4 is 43.5 Å². The third kappa shape index (κ3) is 4.24. The lowest BCUT2D eigenvalue weighted by molar-refractivity contribution is 0.670. The topological polar surface area (TPSA) is 13.1 Å². The van der Waals surface area contributed by atoms with Crippen molar-refractivity contribution in [1.29, 1.82) is 0 Å². The molecule has 0 unspecified atom stereocenters. The Morgan fingerprint density at radius 1 is 0.289 bits per heavy atom. The van der Waals surface area contributed by atoms with E-state index in [2.05, 4.69) is 158 Å². The summed E-state index contributed by atoms with van der Waals surface area (Å²) in [5.41, 5.74) is 11.5. The van der Waals surface area contributed by atoms with E-state index >= 15 is 0 Å². The Morgan fingerprint density at radius 2 is 0.844 bits per heavy atom. The van der Waals surface area contributed by atoms with Crippen LogP contribution in [0.15, 0.2) is 174 Å². The van der Waals surface area contributed by atoms with Crippen molar-refractivity contribution in [1.82, 2.24) is 0 Å². The third-order valence-electron chi connectivity index (χ3n) is 9.09. The lowest BCUT2D eigenvalue weighted by atomic mass is 9.89. The van der Waals surface area contributed by atoms with Gasteiger partial charge in [-0.05, 0) is 78.7 Å². The number of furan rings is 1. The Balaban J connectivity index is 1.16. The molecule has 1 heterocycles. The molecule has 8 aromatic carbocycles. The monoisotopic (exact) mass is 572 g/mol. The summed E-state index contributed by atoms with van der Waals surface area (Å²) in [6.45, 7) is 0. The minimum absolute atomic E-state index is 0.922. The average molecular weight is 573 g/mol. The quantitative estimate of drug-likeness (QED) is 0.191. The van der Waals surface area contributed by atoms with Gasteiger partial charge < -0.3 is 4.42 Å². The SMILES string of the molecule is c1ccc(-c2ccccc2-c2ccc3cc(-c4ccc(-c5cccc6c5oc5ccccc56)cc4)c4ccccc4c3c2)cc1. The highest BCUT2D eigenvalue weighted by atomic mass is 16.3. The highest BCUT2D eigenvalue weighted by molar-refractivity contribution is 6.15. The molecule has 9 aromatic rings. The van der Waals surface area contributed by atoms with Gasteiger partial charge in [0.25, 0.3) is 0 Å². The molecule has 9 rings (SSSR count). The Morgan fingerprint density at radius 3 is 1.64 bits per heavy atom. The first-order chi connectivity index (χ1) is 22.3. The Kier molecular flexibility index (Phi) is 5.89. The molecule has 1 heteroatoms. The molecular formula is C44H28O. The second-order valence-electron chi connectivity index (χ2n) is 11.7. The molecule has 0 fully saturated rings. The van der Waals surface area contributed by atoms with Crippen LogP contribution < -0.4 is 0 Å². The van der Waals surface area contributed by atoms with Crippen LogP contribution in [0.25, 0.3) is 88.0 Å². The van der Waals surface area contributed by atoms with Gasteiger partial charge in [-0.2, -0.15) is 0 Å². The highest BCUT2D eigenvalue weighted by Gasteiger charge is 2.14. The fourth-order valence-corrected chi connectivity index (χ4v) is 6.92. The molecule has 0 saturated heterocycles. The van der Waals surface area contributed by atoms with Crippen molar-refractivity contribution in [3.8, 4) is 44.5 Å². The number of benzene rings is 8. The van der Waals surface area contributed by atoms with E-state index in [4.69, 9.17) is 4.42 Å². The standard InChI is InChI=1S/C44H28O/c1-2-11-29(12-3-1)34-13-4-5-14-35(34)32-25-26-33-28-41(37-15-6-7-16-38(37)42(33)27-32)31-23-21-30(22-24-31)36-18-10-19-40-39-17-8-9-20-43(39)45-44(36)40/h1-28H. The molecule has 0 saturated carbocycles. The number of hydrogen-bond acceptors (Lipinski definition) is 1. The van der Waals surface area contributed by atoms with Crippen LogP contribution in [0.5, 0.6) is 0 Å². The summed E-state index contributed by atoms with van der Waals surface area (Å²) >= 11 is 0. The molecule has 0 aliphatic rings. The fraction of sp³-hybridized carbons (Fsp3) is 0. The zero-order chi connectivity index (χ0) is 29.7. The minimum atomic E-state index is 0.922. The zero-order valence-corrected chi connectivity index (χ0v) is 24.6. The summed E-state index contributed by atoms with van der Waals surface area (Å²) in [6, 6.07) is 61.0. The highest BCUT2D eigenvalue weighted by Crippen LogP contribution is 2.40. The number of fused-ring (bicyclic) bond motifs is 6. The van der Waals surface area contributed by atoms with Gasteiger partial charge >= 0.3 is 0 Å². The van der Waals surface area contributed by atoms with E-state index in [0.29, 0.717) is 0 Å². The predicted molar refractivity (Wildman–Crippen MR) is 190 cm³/mol. The normalized spacial score (nSPS) is 11.6. The molecule has 0 aliphatic carbocycles. The maximum absolute atomic E-state index is 6.33. The molecule has 1 nitrogen and oxygen atoms in total. The number of para-hydroxylation sites is 2. The van der Waals surface area contributed by atoms with Gasteiger partial charge in [-0.3, -0.25) is 0 Å². The van der Waals surface area contributed by atoms with Gasteiger partial charge in [0, 0.05) is 16.3 Å². The van der Waals surface area contributed by atoms with Gasteiger partial charge in [0.2, 0.25) is 0 Å². The summed E-state index contributed by atoms with van der Waals surface area (Å²) < 4.78 is 6.33. The van der Waals surface area contributed by atoms with Gasteiger partial charge in [0.1, 0.15) is 11.2 Å². The molecular weight excluding hydrogens is 544 g/mol. The summed E-state index contributed by atoms with van der Waals surface area (Å²) in [5.74, 6) is 0. The average Bonchev–Trinajstić information content (AvgIpc) is 3.51. The lowest BCUT2D eigenvalue weighted by Gasteiger charge is -2.14. The molecule has 45 heavy (non-hydrogen) atoms. The van der Waals surface area contributed by atoms with Crippen LogP contribution in [0.4, 0.5) is 0 Å². The molecule has 1 aromatic heterocycles.